The minimum atomic E-state index is -1.58. The number of amides is 3. The van der Waals surface area contributed by atoms with Crippen molar-refractivity contribution in [3.05, 3.63) is 36.0 Å². The summed E-state index contributed by atoms with van der Waals surface area (Å²) in [4.78, 5) is 25.2. The number of carbonyl (C=O) groups is 2. The highest BCUT2D eigenvalue weighted by Gasteiger charge is 2.25. The molecule has 1 unspecified atom stereocenters. The van der Waals surface area contributed by atoms with E-state index in [1.54, 1.807) is 10.9 Å². The predicted octanol–water partition coefficient (Wildman–Crippen LogP) is 1.54. The normalized spacial score (nSPS) is 20.6. The molecule has 3 amide bonds. The molecule has 1 fully saturated rings. The maximum absolute atomic E-state index is 12.0. The van der Waals surface area contributed by atoms with Crippen LogP contribution in [0.3, 0.4) is 0 Å². The number of fused-ring (bicyclic) bond motifs is 1. The fourth-order valence-electron chi connectivity index (χ4n) is 3.64. The summed E-state index contributed by atoms with van der Waals surface area (Å²) in [5.41, 5.74) is 2.03. The summed E-state index contributed by atoms with van der Waals surface area (Å²) in [7, 11) is -1.58. The minimum absolute atomic E-state index is 0.00803. The zero-order valence-corrected chi connectivity index (χ0v) is 15.8. The van der Waals surface area contributed by atoms with Gasteiger partial charge in [0.2, 0.25) is 0 Å². The van der Waals surface area contributed by atoms with E-state index in [1.807, 2.05) is 17.9 Å². The number of carbonyl (C=O) groups excluding carboxylic acids is 2. The molecule has 0 saturated carbocycles. The van der Waals surface area contributed by atoms with E-state index < -0.39 is 11.0 Å². The third kappa shape index (κ3) is 3.34. The number of likely N-dealkylation sites (tertiary alicyclic amines) is 1. The van der Waals surface area contributed by atoms with Gasteiger partial charge in [-0.3, -0.25) is 9.52 Å². The van der Waals surface area contributed by atoms with Crippen molar-refractivity contribution in [1.29, 1.82) is 0 Å². The van der Waals surface area contributed by atoms with Gasteiger partial charge in [0.1, 0.15) is 0 Å². The number of aromatic nitrogens is 2. The Balaban J connectivity index is 1.52. The van der Waals surface area contributed by atoms with E-state index in [0.29, 0.717) is 17.5 Å². The Bertz CT molecular complexity index is 959. The van der Waals surface area contributed by atoms with Gasteiger partial charge in [-0.05, 0) is 43.4 Å². The van der Waals surface area contributed by atoms with Crippen molar-refractivity contribution in [2.45, 2.75) is 25.7 Å². The summed E-state index contributed by atoms with van der Waals surface area (Å²) in [6, 6.07) is 6.11. The first-order chi connectivity index (χ1) is 13.1. The van der Waals surface area contributed by atoms with Crippen molar-refractivity contribution in [1.82, 2.24) is 24.7 Å². The first-order valence-corrected chi connectivity index (χ1v) is 10.2. The molecule has 4 rings (SSSR count). The van der Waals surface area contributed by atoms with Crippen molar-refractivity contribution in [3.63, 3.8) is 0 Å². The molecule has 2 aliphatic heterocycles. The number of piperidine rings is 1. The lowest BCUT2D eigenvalue weighted by Crippen LogP contribution is -2.44. The first-order valence-electron chi connectivity index (χ1n) is 9.01. The standard InChI is InChI=1S/C18H21N5O3S/c1-2-19-18(25)22-7-5-12(6-8-22)13-3-4-15-14(9-13)11-20-23(15)17-10-16(24)21-27(17)26/h3-4,9-12H,2,5-8H2,1H3,(H,19,25)(H,21,24). The van der Waals surface area contributed by atoms with Crippen LogP contribution in [0.25, 0.3) is 15.9 Å². The molecular formula is C18H21N5O3S. The lowest BCUT2D eigenvalue weighted by Gasteiger charge is -2.32. The molecule has 9 heteroatoms. The Hall–Kier alpha value is -2.68. The van der Waals surface area contributed by atoms with E-state index in [2.05, 4.69) is 27.3 Å². The Labute approximate surface area is 159 Å². The topological polar surface area (TPSA) is 96.3 Å². The summed E-state index contributed by atoms with van der Waals surface area (Å²) in [6.45, 7) is 4.05. The Morgan fingerprint density at radius 2 is 2.15 bits per heavy atom. The SMILES string of the molecule is CCNC(=O)N1CCC(c2ccc3c(cnn3C3=CC(=O)NS3=O)c2)CC1. The van der Waals surface area contributed by atoms with E-state index in [9.17, 15) is 13.8 Å². The van der Waals surface area contributed by atoms with Crippen LogP contribution < -0.4 is 10.0 Å². The fraction of sp³-hybridized carbons (Fsp3) is 0.389. The van der Waals surface area contributed by atoms with Gasteiger partial charge >= 0.3 is 6.03 Å². The van der Waals surface area contributed by atoms with Gasteiger partial charge < -0.3 is 10.2 Å². The molecule has 3 heterocycles. The molecule has 0 aliphatic carbocycles. The second kappa shape index (κ2) is 7.15. The average Bonchev–Trinajstić information content (AvgIpc) is 3.23. The van der Waals surface area contributed by atoms with Gasteiger partial charge in [0.05, 0.1) is 11.7 Å². The highest BCUT2D eigenvalue weighted by atomic mass is 32.2. The summed E-state index contributed by atoms with van der Waals surface area (Å²) in [5, 5.41) is 8.44. The van der Waals surface area contributed by atoms with E-state index in [-0.39, 0.29) is 11.9 Å². The van der Waals surface area contributed by atoms with Crippen molar-refractivity contribution in [2.24, 2.45) is 0 Å². The van der Waals surface area contributed by atoms with Crippen molar-refractivity contribution in [2.75, 3.05) is 19.6 Å². The highest BCUT2D eigenvalue weighted by molar-refractivity contribution is 7.93. The number of nitrogens with zero attached hydrogens (tertiary/aromatic N) is 3. The van der Waals surface area contributed by atoms with Gasteiger partial charge in [-0.1, -0.05) is 6.07 Å². The van der Waals surface area contributed by atoms with Gasteiger partial charge in [0, 0.05) is 31.1 Å². The van der Waals surface area contributed by atoms with Crippen LogP contribution >= 0.6 is 0 Å². The summed E-state index contributed by atoms with van der Waals surface area (Å²) in [6.07, 6.45) is 4.88. The second-order valence-electron chi connectivity index (χ2n) is 6.69. The van der Waals surface area contributed by atoms with Crippen molar-refractivity contribution >= 4 is 38.9 Å². The molecule has 2 aliphatic rings. The van der Waals surface area contributed by atoms with Gasteiger partial charge in [-0.2, -0.15) is 5.10 Å². The molecule has 0 radical (unpaired) electrons. The van der Waals surface area contributed by atoms with Crippen LogP contribution in [0.15, 0.2) is 30.5 Å². The van der Waals surface area contributed by atoms with Crippen LogP contribution in [0, 0.1) is 0 Å². The number of urea groups is 1. The molecule has 1 aromatic carbocycles. The molecule has 8 nitrogen and oxygen atoms in total. The molecule has 1 aromatic heterocycles. The average molecular weight is 387 g/mol. The molecule has 0 bridgehead atoms. The van der Waals surface area contributed by atoms with Crippen LogP contribution in [0.2, 0.25) is 0 Å². The maximum atomic E-state index is 12.0. The van der Waals surface area contributed by atoms with E-state index in [0.717, 1.165) is 36.8 Å². The zero-order valence-electron chi connectivity index (χ0n) is 15.0. The highest BCUT2D eigenvalue weighted by Crippen LogP contribution is 2.31. The quantitative estimate of drug-likeness (QED) is 0.835. The van der Waals surface area contributed by atoms with Crippen LogP contribution in [-0.4, -0.2) is 50.5 Å². The zero-order chi connectivity index (χ0) is 19.0. The molecule has 27 heavy (non-hydrogen) atoms. The molecule has 1 saturated heterocycles. The van der Waals surface area contributed by atoms with Crippen molar-refractivity contribution in [3.8, 4) is 0 Å². The number of rotatable bonds is 3. The number of nitrogens with one attached hydrogen (secondary N) is 2. The van der Waals surface area contributed by atoms with Gasteiger partial charge in [0.25, 0.3) is 5.91 Å². The monoisotopic (exact) mass is 387 g/mol. The predicted molar refractivity (Wildman–Crippen MR) is 103 cm³/mol. The largest absolute Gasteiger partial charge is 0.338 e. The minimum Gasteiger partial charge on any atom is -0.338 e. The van der Waals surface area contributed by atoms with E-state index in [1.165, 1.54) is 11.6 Å². The summed E-state index contributed by atoms with van der Waals surface area (Å²) < 4.78 is 15.9. The lowest BCUT2D eigenvalue weighted by atomic mass is 9.89. The molecule has 0 spiro atoms. The fourth-order valence-corrected chi connectivity index (χ4v) is 4.50. The third-order valence-electron chi connectivity index (χ3n) is 5.02. The van der Waals surface area contributed by atoms with Crippen molar-refractivity contribution < 1.29 is 13.8 Å². The maximum Gasteiger partial charge on any atom is 0.317 e. The van der Waals surface area contributed by atoms with Crippen LogP contribution in [0.5, 0.6) is 0 Å². The smallest absolute Gasteiger partial charge is 0.317 e. The Kier molecular flexibility index (Phi) is 4.69. The van der Waals surface area contributed by atoms with E-state index >= 15 is 0 Å². The number of benzene rings is 1. The Morgan fingerprint density at radius 3 is 2.81 bits per heavy atom. The van der Waals surface area contributed by atoms with Gasteiger partial charge in [-0.25, -0.2) is 13.7 Å². The molecule has 1 atom stereocenters. The van der Waals surface area contributed by atoms with Crippen LogP contribution in [0.1, 0.15) is 31.2 Å². The molecule has 2 N–H and O–H groups in total. The van der Waals surface area contributed by atoms with E-state index in [4.69, 9.17) is 0 Å². The van der Waals surface area contributed by atoms with Gasteiger partial charge in [0.15, 0.2) is 16.0 Å². The summed E-state index contributed by atoms with van der Waals surface area (Å²) >= 11 is 0. The van der Waals surface area contributed by atoms with Gasteiger partial charge in [-0.15, -0.1) is 0 Å². The lowest BCUT2D eigenvalue weighted by molar-refractivity contribution is -0.114. The number of hydrogen-bond donors (Lipinski definition) is 2. The molecule has 142 valence electrons. The molecular weight excluding hydrogens is 366 g/mol. The second-order valence-corrected chi connectivity index (χ2v) is 7.85. The number of hydrogen-bond acceptors (Lipinski definition) is 4. The summed E-state index contributed by atoms with van der Waals surface area (Å²) in [5.74, 6) is 0.0222. The van der Waals surface area contributed by atoms with Crippen LogP contribution in [-0.2, 0) is 15.8 Å². The third-order valence-corrected chi connectivity index (χ3v) is 6.08. The first kappa shape index (κ1) is 17.7. The Morgan fingerprint density at radius 1 is 1.37 bits per heavy atom. The van der Waals surface area contributed by atoms with Crippen LogP contribution in [0.4, 0.5) is 4.79 Å². The molecule has 2 aromatic rings.